The van der Waals surface area contributed by atoms with E-state index < -0.39 is 40.1 Å². The first-order chi connectivity index (χ1) is 10.5. The molecular formula is C18H48O2Si5. The topological polar surface area (TPSA) is 18.5 Å². The van der Waals surface area contributed by atoms with Gasteiger partial charge in [0.1, 0.15) is 7.59 Å². The number of hydrogen-bond donors (Lipinski definition) is 0. The summed E-state index contributed by atoms with van der Waals surface area (Å²) in [6.07, 6.45) is 0. The zero-order valence-electron chi connectivity index (χ0n) is 20.3. The molecule has 0 spiro atoms. The van der Waals surface area contributed by atoms with Crippen molar-refractivity contribution in [3.8, 4) is 0 Å². The fourth-order valence-electron chi connectivity index (χ4n) is 6.58. The molecule has 0 aromatic rings. The first-order valence-corrected chi connectivity index (χ1v) is 26.5. The van der Waals surface area contributed by atoms with E-state index in [1.165, 1.54) is 0 Å². The smallest absolute Gasteiger partial charge is 0.306 e. The van der Waals surface area contributed by atoms with Crippen molar-refractivity contribution < 1.29 is 8.54 Å². The Morgan fingerprint density at radius 3 is 1.04 bits per heavy atom. The Balaban J connectivity index is 7.48. The van der Waals surface area contributed by atoms with E-state index in [1.54, 1.807) is 0 Å². The molecule has 0 rings (SSSR count). The van der Waals surface area contributed by atoms with Crippen LogP contribution in [0.5, 0.6) is 0 Å². The van der Waals surface area contributed by atoms with E-state index in [1.807, 2.05) is 7.11 Å². The van der Waals surface area contributed by atoms with Crippen LogP contribution in [0.25, 0.3) is 0 Å². The van der Waals surface area contributed by atoms with Crippen LogP contribution in [0.3, 0.4) is 0 Å². The third-order valence-electron chi connectivity index (χ3n) is 5.59. The Morgan fingerprint density at radius 2 is 0.920 bits per heavy atom. The average Bonchev–Trinajstić information content (AvgIpc) is 2.17. The number of hydrogen-bond acceptors (Lipinski definition) is 2. The molecule has 0 amide bonds. The Labute approximate surface area is 164 Å². The molecule has 0 heterocycles. The molecule has 0 aliphatic carbocycles. The largest absolute Gasteiger partial charge is 0.438 e. The van der Waals surface area contributed by atoms with Crippen molar-refractivity contribution in [2.75, 3.05) is 7.11 Å². The van der Waals surface area contributed by atoms with Gasteiger partial charge in [0.25, 0.3) is 0 Å². The van der Waals surface area contributed by atoms with Crippen molar-refractivity contribution in [2.24, 2.45) is 5.41 Å². The van der Waals surface area contributed by atoms with Gasteiger partial charge in [0.05, 0.1) is 16.1 Å². The van der Waals surface area contributed by atoms with Crippen molar-refractivity contribution in [1.29, 1.82) is 0 Å². The molecule has 1 atom stereocenters. The molecule has 0 saturated carbocycles. The Kier molecular flexibility index (Phi) is 7.40. The van der Waals surface area contributed by atoms with E-state index in [2.05, 4.69) is 99.3 Å². The zero-order valence-corrected chi connectivity index (χ0v) is 25.3. The molecule has 2 nitrogen and oxygen atoms in total. The highest BCUT2D eigenvalue weighted by Crippen LogP contribution is 2.66. The van der Waals surface area contributed by atoms with Crippen LogP contribution >= 0.6 is 0 Å². The van der Waals surface area contributed by atoms with Crippen LogP contribution in [0.1, 0.15) is 20.8 Å². The summed E-state index contributed by atoms with van der Waals surface area (Å²) in [6.45, 7) is 37.6. The van der Waals surface area contributed by atoms with Gasteiger partial charge in [0.15, 0.2) is 8.32 Å². The van der Waals surface area contributed by atoms with E-state index in [0.717, 1.165) is 0 Å². The van der Waals surface area contributed by atoms with Gasteiger partial charge in [-0.15, -0.1) is 0 Å². The van der Waals surface area contributed by atoms with Crippen LogP contribution in [0.4, 0.5) is 0 Å². The second-order valence-corrected chi connectivity index (χ2v) is 43.2. The van der Waals surface area contributed by atoms with Gasteiger partial charge >= 0.3 is 8.08 Å². The Hall–Kier alpha value is 1.00. The molecule has 0 aromatic heterocycles. The van der Waals surface area contributed by atoms with Gasteiger partial charge in [-0.3, -0.25) is 0 Å². The van der Waals surface area contributed by atoms with Gasteiger partial charge in [0, 0.05) is 11.4 Å². The lowest BCUT2D eigenvalue weighted by molar-refractivity contribution is 0.256. The fraction of sp³-hybridized carbons (Fsp3) is 1.00. The molecule has 0 aliphatic heterocycles. The summed E-state index contributed by atoms with van der Waals surface area (Å²) in [6, 6.07) is 0. The molecule has 1 unspecified atom stereocenters. The molecule has 0 saturated heterocycles. The minimum Gasteiger partial charge on any atom is -0.438 e. The summed E-state index contributed by atoms with van der Waals surface area (Å²) in [5.41, 5.74) is 0.185. The van der Waals surface area contributed by atoms with Gasteiger partial charge < -0.3 is 8.54 Å². The van der Waals surface area contributed by atoms with Gasteiger partial charge in [-0.05, 0) is 25.1 Å². The number of rotatable bonds is 7. The highest BCUT2D eigenvalue weighted by Gasteiger charge is 2.76. The van der Waals surface area contributed by atoms with E-state index >= 15 is 0 Å². The minimum absolute atomic E-state index is 0.185. The monoisotopic (exact) mass is 436 g/mol. The third kappa shape index (κ3) is 4.37. The molecule has 0 fully saturated rings. The fourth-order valence-corrected chi connectivity index (χ4v) is 63.5. The highest BCUT2D eigenvalue weighted by molar-refractivity contribution is 7.44. The summed E-state index contributed by atoms with van der Waals surface area (Å²) < 4.78 is 14.4. The summed E-state index contributed by atoms with van der Waals surface area (Å²) in [4.78, 5) is 0. The van der Waals surface area contributed by atoms with E-state index in [0.29, 0.717) is 0 Å². The van der Waals surface area contributed by atoms with Crippen LogP contribution in [0.15, 0.2) is 0 Å². The summed E-state index contributed by atoms with van der Waals surface area (Å²) in [7, 11) is -7.23. The molecule has 0 N–H and O–H groups in total. The molecule has 0 radical (unpaired) electrons. The lowest BCUT2D eigenvalue weighted by Gasteiger charge is -2.69. The molecular weight excluding hydrogens is 389 g/mol. The van der Waals surface area contributed by atoms with Crippen molar-refractivity contribution in [3.63, 3.8) is 0 Å². The summed E-state index contributed by atoms with van der Waals surface area (Å²) in [5.74, 6) is 0. The van der Waals surface area contributed by atoms with Crippen molar-refractivity contribution >= 4 is 40.1 Å². The molecule has 0 aliphatic rings. The second-order valence-electron chi connectivity index (χ2n) is 12.8. The van der Waals surface area contributed by atoms with E-state index in [4.69, 9.17) is 8.54 Å². The first-order valence-electron chi connectivity index (χ1n) is 9.77. The van der Waals surface area contributed by atoms with Crippen molar-refractivity contribution in [2.45, 2.75) is 104 Å². The van der Waals surface area contributed by atoms with Gasteiger partial charge in [-0.25, -0.2) is 0 Å². The summed E-state index contributed by atoms with van der Waals surface area (Å²) >= 11 is 0. The lowest BCUT2D eigenvalue weighted by Crippen LogP contribution is -2.83. The normalized spacial score (nSPS) is 18.2. The van der Waals surface area contributed by atoms with Crippen LogP contribution in [0, 0.1) is 5.41 Å². The minimum atomic E-state index is -2.47. The predicted octanol–water partition coefficient (Wildman–Crippen LogP) is 6.88. The summed E-state index contributed by atoms with van der Waals surface area (Å²) in [5, 5.41) is 0. The van der Waals surface area contributed by atoms with Crippen LogP contribution in [-0.4, -0.2) is 47.2 Å². The SMILES string of the molecule is CO[Si](O[Si](C)(C)C)(C(C(C)(C)C)([Si](C)(C)C)[Si](C)(C)C)[Si](C)(C)C. The first kappa shape index (κ1) is 26.0. The molecule has 25 heavy (non-hydrogen) atoms. The van der Waals surface area contributed by atoms with Crippen LogP contribution in [0.2, 0.25) is 82.8 Å². The average molecular weight is 437 g/mol. The van der Waals surface area contributed by atoms with Gasteiger partial charge in [-0.1, -0.05) is 79.7 Å². The van der Waals surface area contributed by atoms with E-state index in [9.17, 15) is 0 Å². The molecule has 0 bridgehead atoms. The maximum atomic E-state index is 7.37. The highest BCUT2D eigenvalue weighted by atomic mass is 29.3. The van der Waals surface area contributed by atoms with Gasteiger partial charge in [0.2, 0.25) is 0 Å². The third-order valence-corrected chi connectivity index (χ3v) is 40.5. The van der Waals surface area contributed by atoms with Crippen LogP contribution in [-0.2, 0) is 8.54 Å². The Morgan fingerprint density at radius 1 is 0.600 bits per heavy atom. The maximum Gasteiger partial charge on any atom is 0.306 e. The molecule has 152 valence electrons. The van der Waals surface area contributed by atoms with Gasteiger partial charge in [-0.2, -0.15) is 0 Å². The standard InChI is InChI=1S/C18H48O2Si5/c1-17(2,3)18(21(5,6)7,22(8,9)10)25(19-4,24(14,15)16)20-23(11,12)13/h1-16H3. The Bertz CT molecular complexity index is 422. The van der Waals surface area contributed by atoms with Crippen LogP contribution < -0.4 is 0 Å². The predicted molar refractivity (Wildman–Crippen MR) is 129 cm³/mol. The van der Waals surface area contributed by atoms with Crippen molar-refractivity contribution in [3.05, 3.63) is 0 Å². The lowest BCUT2D eigenvalue weighted by atomic mass is 9.99. The zero-order chi connectivity index (χ0) is 20.9. The second kappa shape index (κ2) is 7.11. The molecule has 7 heteroatoms. The maximum absolute atomic E-state index is 7.37. The quantitative estimate of drug-likeness (QED) is 0.405. The van der Waals surface area contributed by atoms with E-state index in [-0.39, 0.29) is 9.70 Å². The van der Waals surface area contributed by atoms with Crippen molar-refractivity contribution in [1.82, 2.24) is 0 Å². The molecule has 0 aromatic carbocycles.